The molecule has 3 heterocycles. The van der Waals surface area contributed by atoms with Gasteiger partial charge in [0.25, 0.3) is 0 Å². The molecule has 2 atom stereocenters. The van der Waals surface area contributed by atoms with Crippen LogP contribution in [0.15, 0.2) is 4.99 Å². The molecule has 1 aromatic rings. The summed E-state index contributed by atoms with van der Waals surface area (Å²) in [6.45, 7) is 6.60. The van der Waals surface area contributed by atoms with Crippen molar-refractivity contribution < 1.29 is 9.53 Å². The summed E-state index contributed by atoms with van der Waals surface area (Å²) in [6, 6.07) is 0.194. The number of aromatic nitrogens is 3. The van der Waals surface area contributed by atoms with E-state index in [1.807, 2.05) is 4.68 Å². The third-order valence-corrected chi connectivity index (χ3v) is 5.12. The SMILES string of the molecule is CC(C)c1nc2n(n1)CC(NC(=NCC(=O)N(C)C)NCC1CCCO1)CC2.I. The molecule has 0 bridgehead atoms. The molecule has 1 aromatic heterocycles. The summed E-state index contributed by atoms with van der Waals surface area (Å²) in [7, 11) is 3.48. The van der Waals surface area contributed by atoms with Crippen molar-refractivity contribution in [1.29, 1.82) is 0 Å². The van der Waals surface area contributed by atoms with E-state index in [0.717, 1.165) is 50.5 Å². The van der Waals surface area contributed by atoms with Crippen LogP contribution in [0.4, 0.5) is 0 Å². The summed E-state index contributed by atoms with van der Waals surface area (Å²) in [5.74, 6) is 2.91. The highest BCUT2D eigenvalue weighted by atomic mass is 127. The van der Waals surface area contributed by atoms with Gasteiger partial charge in [0.15, 0.2) is 11.8 Å². The number of likely N-dealkylation sites (N-methyl/N-ethyl adjacent to an activating group) is 1. The van der Waals surface area contributed by atoms with Crippen LogP contribution in [0.25, 0.3) is 0 Å². The monoisotopic (exact) mass is 519 g/mol. The Morgan fingerprint density at radius 3 is 2.83 bits per heavy atom. The van der Waals surface area contributed by atoms with Gasteiger partial charge in [-0.25, -0.2) is 14.7 Å². The molecule has 164 valence electrons. The van der Waals surface area contributed by atoms with Crippen molar-refractivity contribution in [2.75, 3.05) is 33.8 Å². The first-order valence-electron chi connectivity index (χ1n) is 10.2. The Kier molecular flexibility index (Phi) is 9.12. The van der Waals surface area contributed by atoms with Crippen molar-refractivity contribution in [3.63, 3.8) is 0 Å². The van der Waals surface area contributed by atoms with Crippen molar-refractivity contribution in [3.05, 3.63) is 11.6 Å². The maximum Gasteiger partial charge on any atom is 0.243 e. The summed E-state index contributed by atoms with van der Waals surface area (Å²) < 4.78 is 7.69. The summed E-state index contributed by atoms with van der Waals surface area (Å²) >= 11 is 0. The van der Waals surface area contributed by atoms with Crippen molar-refractivity contribution in [3.8, 4) is 0 Å². The zero-order chi connectivity index (χ0) is 20.1. The third kappa shape index (κ3) is 6.80. The lowest BCUT2D eigenvalue weighted by molar-refractivity contribution is -0.127. The molecular formula is C19H34IN7O2. The predicted octanol–water partition coefficient (Wildman–Crippen LogP) is 1.14. The van der Waals surface area contributed by atoms with Crippen LogP contribution in [0, 0.1) is 0 Å². The number of nitrogens with one attached hydrogen (secondary N) is 2. The molecule has 10 heteroatoms. The molecule has 9 nitrogen and oxygen atoms in total. The van der Waals surface area contributed by atoms with E-state index in [2.05, 4.69) is 39.6 Å². The number of carbonyl (C=O) groups is 1. The lowest BCUT2D eigenvalue weighted by Crippen LogP contribution is -2.49. The standard InChI is InChI=1S/C19H33N7O2.HI/c1-13(2)18-23-16-8-7-14(12-26(16)24-18)22-19(21-11-17(27)25(3)4)20-10-15-6-5-9-28-15;/h13-15H,5-12H2,1-4H3,(H2,20,21,22);1H. The smallest absolute Gasteiger partial charge is 0.243 e. The van der Waals surface area contributed by atoms with Gasteiger partial charge < -0.3 is 20.3 Å². The number of aliphatic imine (C=N–C) groups is 1. The lowest BCUT2D eigenvalue weighted by Gasteiger charge is -2.26. The van der Waals surface area contributed by atoms with Gasteiger partial charge in [0.1, 0.15) is 12.4 Å². The Morgan fingerprint density at radius 2 is 2.17 bits per heavy atom. The Hall–Kier alpha value is -1.43. The number of carbonyl (C=O) groups excluding carboxylic acids is 1. The molecule has 2 N–H and O–H groups in total. The topological polar surface area (TPSA) is 96.7 Å². The first-order chi connectivity index (χ1) is 13.4. The fraction of sp³-hybridized carbons (Fsp3) is 0.789. The Bertz CT molecular complexity index is 699. The molecule has 2 aliphatic heterocycles. The molecule has 2 aliphatic rings. The largest absolute Gasteiger partial charge is 0.376 e. The minimum absolute atomic E-state index is 0. The van der Waals surface area contributed by atoms with E-state index in [1.54, 1.807) is 19.0 Å². The van der Waals surface area contributed by atoms with Crippen LogP contribution in [-0.2, 0) is 22.5 Å². The number of rotatable bonds is 6. The normalized spacial score (nSPS) is 21.5. The summed E-state index contributed by atoms with van der Waals surface area (Å²) in [4.78, 5) is 22.6. The van der Waals surface area contributed by atoms with Crippen molar-refractivity contribution >= 4 is 35.8 Å². The molecule has 2 unspecified atom stereocenters. The van der Waals surface area contributed by atoms with Crippen LogP contribution < -0.4 is 10.6 Å². The minimum Gasteiger partial charge on any atom is -0.376 e. The maximum atomic E-state index is 11.9. The number of fused-ring (bicyclic) bond motifs is 1. The van der Waals surface area contributed by atoms with Gasteiger partial charge in [0.05, 0.1) is 12.6 Å². The number of ether oxygens (including phenoxy) is 1. The van der Waals surface area contributed by atoms with Gasteiger partial charge in [-0.1, -0.05) is 13.8 Å². The molecule has 3 rings (SSSR count). The highest BCUT2D eigenvalue weighted by Gasteiger charge is 2.24. The van der Waals surface area contributed by atoms with Gasteiger partial charge in [-0.15, -0.1) is 24.0 Å². The zero-order valence-electron chi connectivity index (χ0n) is 17.8. The molecule has 1 fully saturated rings. The van der Waals surface area contributed by atoms with Crippen LogP contribution in [0.1, 0.15) is 50.7 Å². The van der Waals surface area contributed by atoms with Crippen LogP contribution in [0.2, 0.25) is 0 Å². The summed E-state index contributed by atoms with van der Waals surface area (Å²) in [5.41, 5.74) is 0. The van der Waals surface area contributed by atoms with Gasteiger partial charge in [0.2, 0.25) is 5.91 Å². The maximum absolute atomic E-state index is 11.9. The second-order valence-corrected chi connectivity index (χ2v) is 8.07. The molecule has 29 heavy (non-hydrogen) atoms. The van der Waals surface area contributed by atoms with Crippen LogP contribution >= 0.6 is 24.0 Å². The molecule has 1 saturated heterocycles. The molecule has 0 aliphatic carbocycles. The van der Waals surface area contributed by atoms with Gasteiger partial charge in [-0.05, 0) is 19.3 Å². The number of aryl methyl sites for hydroxylation is 1. The number of amides is 1. The van der Waals surface area contributed by atoms with Gasteiger partial charge >= 0.3 is 0 Å². The average molecular weight is 519 g/mol. The average Bonchev–Trinajstić information content (AvgIpc) is 3.32. The quantitative estimate of drug-likeness (QED) is 0.333. The highest BCUT2D eigenvalue weighted by molar-refractivity contribution is 14.0. The fourth-order valence-corrected chi connectivity index (χ4v) is 3.34. The van der Waals surface area contributed by atoms with E-state index in [-0.39, 0.29) is 48.6 Å². The van der Waals surface area contributed by atoms with E-state index in [1.165, 1.54) is 0 Å². The van der Waals surface area contributed by atoms with E-state index >= 15 is 0 Å². The Labute approximate surface area is 190 Å². The first-order valence-corrected chi connectivity index (χ1v) is 10.2. The van der Waals surface area contributed by atoms with Gasteiger partial charge in [-0.2, -0.15) is 5.10 Å². The third-order valence-electron chi connectivity index (χ3n) is 5.12. The molecule has 0 spiro atoms. The van der Waals surface area contributed by atoms with Crippen molar-refractivity contribution in [2.45, 2.75) is 64.1 Å². The van der Waals surface area contributed by atoms with Crippen molar-refractivity contribution in [1.82, 2.24) is 30.3 Å². The van der Waals surface area contributed by atoms with Crippen LogP contribution in [-0.4, -0.2) is 77.5 Å². The van der Waals surface area contributed by atoms with E-state index in [9.17, 15) is 4.79 Å². The lowest BCUT2D eigenvalue weighted by atomic mass is 10.1. The van der Waals surface area contributed by atoms with Crippen molar-refractivity contribution in [2.24, 2.45) is 4.99 Å². The van der Waals surface area contributed by atoms with Crippen LogP contribution in [0.5, 0.6) is 0 Å². The number of nitrogens with zero attached hydrogens (tertiary/aromatic N) is 5. The van der Waals surface area contributed by atoms with E-state index in [4.69, 9.17) is 4.74 Å². The number of guanidine groups is 1. The minimum atomic E-state index is -0.0259. The number of hydrogen-bond acceptors (Lipinski definition) is 5. The first kappa shape index (κ1) is 23.8. The predicted molar refractivity (Wildman–Crippen MR) is 123 cm³/mol. The summed E-state index contributed by atoms with van der Waals surface area (Å²) in [6.07, 6.45) is 4.20. The van der Waals surface area contributed by atoms with Gasteiger partial charge in [-0.3, -0.25) is 4.79 Å². The summed E-state index contributed by atoms with van der Waals surface area (Å²) in [5, 5.41) is 11.5. The second kappa shape index (κ2) is 11.1. The Morgan fingerprint density at radius 1 is 1.38 bits per heavy atom. The van der Waals surface area contributed by atoms with Crippen LogP contribution in [0.3, 0.4) is 0 Å². The second-order valence-electron chi connectivity index (χ2n) is 8.07. The van der Waals surface area contributed by atoms with E-state index in [0.29, 0.717) is 18.4 Å². The molecule has 0 radical (unpaired) electrons. The zero-order valence-corrected chi connectivity index (χ0v) is 20.2. The molecule has 1 amide bonds. The Balaban J connectivity index is 0.00000300. The molecule has 0 saturated carbocycles. The number of halogens is 1. The van der Waals surface area contributed by atoms with Gasteiger partial charge in [0, 0.05) is 45.6 Å². The molecule has 0 aromatic carbocycles. The van der Waals surface area contributed by atoms with E-state index < -0.39 is 0 Å². The highest BCUT2D eigenvalue weighted by Crippen LogP contribution is 2.17. The molecular weight excluding hydrogens is 485 g/mol. The fourth-order valence-electron chi connectivity index (χ4n) is 3.34. The number of hydrogen-bond donors (Lipinski definition) is 2.